The summed E-state index contributed by atoms with van der Waals surface area (Å²) in [5, 5.41) is 24.8. The van der Waals surface area contributed by atoms with Gasteiger partial charge >= 0.3 is 18.3 Å². The number of carbonyl (C=O) groups is 1. The first-order valence-electron chi connectivity index (χ1n) is 12.8. The van der Waals surface area contributed by atoms with Crippen LogP contribution in [-0.4, -0.2) is 62.3 Å². The van der Waals surface area contributed by atoms with Gasteiger partial charge in [-0.1, -0.05) is 24.6 Å². The maximum absolute atomic E-state index is 12.8. The molecule has 6 atom stereocenters. The number of hydrogen-bond acceptors (Lipinski definition) is 10. The molecule has 1 aromatic carbocycles. The van der Waals surface area contributed by atoms with Gasteiger partial charge in [-0.25, -0.2) is 9.88 Å². The first-order chi connectivity index (χ1) is 18.5. The van der Waals surface area contributed by atoms with Crippen molar-refractivity contribution in [2.45, 2.75) is 82.1 Å². The Hall–Kier alpha value is -2.38. The summed E-state index contributed by atoms with van der Waals surface area (Å²) in [4.78, 5) is 38.7. The molecule has 0 amide bonds. The number of hydrogen-bond donors (Lipinski definition) is 4. The molecule has 1 aliphatic heterocycles. The molecule has 1 saturated carbocycles. The highest BCUT2D eigenvalue weighted by Gasteiger charge is 2.54. The lowest BCUT2D eigenvalue weighted by molar-refractivity contribution is -0.152. The van der Waals surface area contributed by atoms with Crippen molar-refractivity contribution < 1.29 is 33.5 Å². The van der Waals surface area contributed by atoms with Gasteiger partial charge in [-0.05, 0) is 63.5 Å². The van der Waals surface area contributed by atoms with Crippen LogP contribution in [0.5, 0.6) is 5.75 Å². The van der Waals surface area contributed by atoms with Gasteiger partial charge in [0.2, 0.25) is 0 Å². The van der Waals surface area contributed by atoms with Gasteiger partial charge in [0.15, 0.2) is 6.23 Å². The van der Waals surface area contributed by atoms with E-state index in [1.165, 1.54) is 13.1 Å². The number of esters is 1. The van der Waals surface area contributed by atoms with Crippen molar-refractivity contribution in [2.24, 2.45) is 0 Å². The van der Waals surface area contributed by atoms with E-state index in [9.17, 15) is 24.6 Å². The predicted octanol–water partition coefficient (Wildman–Crippen LogP) is 1.72. The Bertz CT molecular complexity index is 1300. The van der Waals surface area contributed by atoms with Gasteiger partial charge in [-0.3, -0.25) is 19.1 Å². The number of aromatic nitrogens is 2. The standard InChI is InChI=1S/C25H34N3O9PS/c1-16(22(31)35-17-9-5-3-6-10-17)27-38(39,37-18-11-7-4-8-12-18)34-15-19-21(30)25(2,33)23(36-19)28-14-13-20(29)26-24(28)32/h4,7-8,11-14,16-17,19,21,23,30,33H,3,5-6,9-10,15H2,1-2H3,(H,27,39)(H,26,29,32)/t16-,19+,21+,23+,25+,38?/m0/s1. The van der Waals surface area contributed by atoms with Crippen molar-refractivity contribution in [1.29, 1.82) is 0 Å². The fourth-order valence-electron chi connectivity index (χ4n) is 4.61. The fraction of sp³-hybridized carbons (Fsp3) is 0.560. The lowest BCUT2D eigenvalue weighted by atomic mass is 9.96. The summed E-state index contributed by atoms with van der Waals surface area (Å²) in [5.74, 6) is -0.0762. The van der Waals surface area contributed by atoms with E-state index >= 15 is 0 Å². The topological polar surface area (TPSA) is 161 Å². The summed E-state index contributed by atoms with van der Waals surface area (Å²) in [7, 11) is 0. The normalized spacial score (nSPS) is 27.9. The highest BCUT2D eigenvalue weighted by molar-refractivity contribution is 8.09. The molecule has 4 rings (SSSR count). The third-order valence-electron chi connectivity index (χ3n) is 6.78. The zero-order valence-corrected chi connectivity index (χ0v) is 23.4. The van der Waals surface area contributed by atoms with Crippen LogP contribution < -0.4 is 20.9 Å². The molecule has 214 valence electrons. The Morgan fingerprint density at radius 1 is 1.26 bits per heavy atom. The molecule has 1 unspecified atom stereocenters. The van der Waals surface area contributed by atoms with E-state index < -0.39 is 53.9 Å². The van der Waals surface area contributed by atoms with Crippen LogP contribution in [0.25, 0.3) is 0 Å². The van der Waals surface area contributed by atoms with E-state index in [4.69, 9.17) is 30.3 Å². The Balaban J connectivity index is 1.48. The van der Waals surface area contributed by atoms with Gasteiger partial charge in [0, 0.05) is 12.3 Å². The van der Waals surface area contributed by atoms with Crippen LogP contribution in [0.4, 0.5) is 0 Å². The Kier molecular flexibility index (Phi) is 9.43. The van der Waals surface area contributed by atoms with Gasteiger partial charge in [0.25, 0.3) is 5.56 Å². The van der Waals surface area contributed by atoms with E-state index in [1.807, 2.05) is 0 Å². The SMILES string of the molecule is C[C@H](NP(=S)(OC[C@H]1O[C@@H](n2ccc(=O)[nH]c2=O)[C@](C)(O)[C@@H]1O)Oc1ccccc1)C(=O)OC1CCCCC1. The third kappa shape index (κ3) is 7.23. The van der Waals surface area contributed by atoms with Crippen molar-refractivity contribution in [3.8, 4) is 5.75 Å². The molecule has 1 aromatic heterocycles. The molecule has 4 N–H and O–H groups in total. The van der Waals surface area contributed by atoms with Gasteiger partial charge in [0.1, 0.15) is 35.7 Å². The molecular weight excluding hydrogens is 549 g/mol. The van der Waals surface area contributed by atoms with Gasteiger partial charge in [-0.15, -0.1) is 0 Å². The second-order valence-electron chi connectivity index (χ2n) is 9.96. The van der Waals surface area contributed by atoms with E-state index in [1.54, 1.807) is 37.3 Å². The monoisotopic (exact) mass is 583 g/mol. The average Bonchev–Trinajstić information content (AvgIpc) is 3.12. The molecule has 2 aromatic rings. The number of H-pyrrole nitrogens is 1. The third-order valence-corrected chi connectivity index (χ3v) is 9.28. The lowest BCUT2D eigenvalue weighted by Gasteiger charge is -2.29. The van der Waals surface area contributed by atoms with Crippen LogP contribution >= 0.6 is 6.64 Å². The predicted molar refractivity (Wildman–Crippen MR) is 145 cm³/mol. The minimum atomic E-state index is -3.44. The Morgan fingerprint density at radius 3 is 2.62 bits per heavy atom. The molecule has 0 radical (unpaired) electrons. The van der Waals surface area contributed by atoms with Crippen LogP contribution in [0.15, 0.2) is 52.2 Å². The van der Waals surface area contributed by atoms with Crippen molar-refractivity contribution in [2.75, 3.05) is 6.61 Å². The van der Waals surface area contributed by atoms with Crippen molar-refractivity contribution >= 4 is 24.4 Å². The quantitative estimate of drug-likeness (QED) is 0.238. The van der Waals surface area contributed by atoms with E-state index in [-0.39, 0.29) is 12.7 Å². The molecule has 1 saturated heterocycles. The van der Waals surface area contributed by atoms with E-state index in [0.29, 0.717) is 5.75 Å². The summed E-state index contributed by atoms with van der Waals surface area (Å²) < 4.78 is 24.4. The van der Waals surface area contributed by atoms with Gasteiger partial charge in [-0.2, -0.15) is 0 Å². The molecule has 0 bridgehead atoms. The van der Waals surface area contributed by atoms with Crippen LogP contribution in [0, 0.1) is 0 Å². The first-order valence-corrected chi connectivity index (χ1v) is 15.5. The van der Waals surface area contributed by atoms with Crippen molar-refractivity contribution in [3.63, 3.8) is 0 Å². The number of carbonyl (C=O) groups excluding carboxylic acids is 1. The summed E-state index contributed by atoms with van der Waals surface area (Å²) >= 11 is 5.73. The van der Waals surface area contributed by atoms with Crippen molar-refractivity contribution in [1.82, 2.24) is 14.6 Å². The highest BCUT2D eigenvalue weighted by atomic mass is 32.5. The minimum absolute atomic E-state index is 0.137. The second-order valence-corrected chi connectivity index (χ2v) is 13.1. The smallest absolute Gasteiger partial charge is 0.330 e. The molecule has 14 heteroatoms. The summed E-state index contributed by atoms with van der Waals surface area (Å²) in [6.07, 6.45) is 1.88. The second kappa shape index (κ2) is 12.4. The minimum Gasteiger partial charge on any atom is -0.461 e. The van der Waals surface area contributed by atoms with Crippen LogP contribution in [0.2, 0.25) is 0 Å². The number of para-hydroxylation sites is 1. The zero-order chi connectivity index (χ0) is 28.2. The lowest BCUT2D eigenvalue weighted by Crippen LogP contribution is -2.47. The maximum Gasteiger partial charge on any atom is 0.330 e. The fourth-order valence-corrected chi connectivity index (χ4v) is 7.03. The zero-order valence-electron chi connectivity index (χ0n) is 21.7. The first kappa shape index (κ1) is 29.6. The number of aliphatic hydroxyl groups excluding tert-OH is 1. The van der Waals surface area contributed by atoms with Crippen LogP contribution in [0.3, 0.4) is 0 Å². The van der Waals surface area contributed by atoms with Crippen LogP contribution in [-0.2, 0) is 30.6 Å². The highest BCUT2D eigenvalue weighted by Crippen LogP contribution is 2.47. The molecule has 0 spiro atoms. The molecule has 12 nitrogen and oxygen atoms in total. The van der Waals surface area contributed by atoms with Crippen LogP contribution in [0.1, 0.15) is 52.2 Å². The average molecular weight is 584 g/mol. The molecule has 2 aliphatic rings. The number of ether oxygens (including phenoxy) is 2. The number of aromatic amines is 1. The van der Waals surface area contributed by atoms with E-state index in [2.05, 4.69) is 10.1 Å². The molecule has 1 aliphatic carbocycles. The number of benzene rings is 1. The number of nitrogens with zero attached hydrogens (tertiary/aromatic N) is 1. The van der Waals surface area contributed by atoms with E-state index in [0.717, 1.165) is 42.7 Å². The van der Waals surface area contributed by atoms with Crippen molar-refractivity contribution in [3.05, 3.63) is 63.4 Å². The molecule has 2 fully saturated rings. The maximum atomic E-state index is 12.8. The Labute approximate surface area is 230 Å². The number of aliphatic hydroxyl groups is 2. The summed E-state index contributed by atoms with van der Waals surface area (Å²) in [6, 6.07) is 8.92. The molecule has 2 heterocycles. The summed E-state index contributed by atoms with van der Waals surface area (Å²) in [5.41, 5.74) is -3.34. The summed E-state index contributed by atoms with van der Waals surface area (Å²) in [6.45, 7) is -0.870. The molecular formula is C25H34N3O9PS. The van der Waals surface area contributed by atoms with Gasteiger partial charge < -0.3 is 28.7 Å². The largest absolute Gasteiger partial charge is 0.461 e. The number of rotatable bonds is 10. The Morgan fingerprint density at radius 2 is 1.95 bits per heavy atom. The molecule has 39 heavy (non-hydrogen) atoms. The van der Waals surface area contributed by atoms with Gasteiger partial charge in [0.05, 0.1) is 6.61 Å². The number of nitrogens with one attached hydrogen (secondary N) is 2.